The van der Waals surface area contributed by atoms with E-state index in [4.69, 9.17) is 4.74 Å². The summed E-state index contributed by atoms with van der Waals surface area (Å²) in [5, 5.41) is 2.72. The molecule has 3 aromatic rings. The van der Waals surface area contributed by atoms with Crippen LogP contribution in [0.15, 0.2) is 66.9 Å². The lowest BCUT2D eigenvalue weighted by Crippen LogP contribution is -2.23. The van der Waals surface area contributed by atoms with Gasteiger partial charge in [-0.1, -0.05) is 42.5 Å². The minimum atomic E-state index is -0.648. The molecule has 0 radical (unpaired) electrons. The molecule has 2 aromatic carbocycles. The number of amides is 1. The predicted octanol–water partition coefficient (Wildman–Crippen LogP) is 4.15. The normalized spacial score (nSPS) is 10.3. The number of Topliss-reactive ketones (excluding diaryl/α,β-unsaturated/α-hetero) is 1. The Morgan fingerprint density at radius 2 is 1.85 bits per heavy atom. The van der Waals surface area contributed by atoms with E-state index in [1.165, 1.54) is 6.92 Å². The number of pyridine rings is 1. The molecule has 0 atom stereocenters. The zero-order valence-corrected chi connectivity index (χ0v) is 14.6. The monoisotopic (exact) mass is 364 g/mol. The highest BCUT2D eigenvalue weighted by molar-refractivity contribution is 5.96. The maximum absolute atomic E-state index is 13.6. The molecule has 0 saturated heterocycles. The number of rotatable bonds is 6. The summed E-state index contributed by atoms with van der Waals surface area (Å²) >= 11 is 0. The number of benzene rings is 2. The van der Waals surface area contributed by atoms with E-state index < -0.39 is 11.7 Å². The van der Waals surface area contributed by atoms with Crippen LogP contribution in [0, 0.1) is 5.82 Å². The zero-order valence-electron chi connectivity index (χ0n) is 14.6. The Balaban J connectivity index is 1.81. The van der Waals surface area contributed by atoms with Crippen molar-refractivity contribution in [3.8, 4) is 11.6 Å². The Morgan fingerprint density at radius 1 is 1.07 bits per heavy atom. The molecule has 0 bridgehead atoms. The summed E-state index contributed by atoms with van der Waals surface area (Å²) in [6, 6.07) is 16.9. The minimum Gasteiger partial charge on any atom is -0.438 e. The summed E-state index contributed by atoms with van der Waals surface area (Å²) in [5.74, 6) is -0.983. The van der Waals surface area contributed by atoms with Crippen LogP contribution >= 0.6 is 0 Å². The zero-order chi connectivity index (χ0) is 19.2. The smallest absolute Gasteiger partial charge is 0.257 e. The van der Waals surface area contributed by atoms with Crippen molar-refractivity contribution in [2.75, 3.05) is 0 Å². The van der Waals surface area contributed by atoms with Crippen molar-refractivity contribution in [1.29, 1.82) is 0 Å². The molecule has 1 amide bonds. The van der Waals surface area contributed by atoms with Crippen molar-refractivity contribution < 1.29 is 18.7 Å². The number of hydrogen-bond donors (Lipinski definition) is 1. The first kappa shape index (κ1) is 18.3. The molecule has 0 unspecified atom stereocenters. The van der Waals surface area contributed by atoms with Gasteiger partial charge < -0.3 is 10.1 Å². The molecule has 0 saturated carbocycles. The topological polar surface area (TPSA) is 68.3 Å². The summed E-state index contributed by atoms with van der Waals surface area (Å²) in [6.45, 7) is 1.73. The van der Waals surface area contributed by atoms with Crippen molar-refractivity contribution in [3.63, 3.8) is 0 Å². The van der Waals surface area contributed by atoms with Crippen LogP contribution in [0.2, 0.25) is 0 Å². The van der Waals surface area contributed by atoms with E-state index in [1.807, 2.05) is 30.3 Å². The van der Waals surface area contributed by atoms with E-state index in [2.05, 4.69) is 10.3 Å². The van der Waals surface area contributed by atoms with Gasteiger partial charge in [-0.25, -0.2) is 9.37 Å². The highest BCUT2D eigenvalue weighted by Gasteiger charge is 2.16. The summed E-state index contributed by atoms with van der Waals surface area (Å²) in [7, 11) is 0. The van der Waals surface area contributed by atoms with E-state index in [9.17, 15) is 14.0 Å². The molecule has 0 aliphatic heterocycles. The third-order valence-electron chi connectivity index (χ3n) is 3.81. The van der Waals surface area contributed by atoms with Gasteiger partial charge in [0.15, 0.2) is 5.78 Å². The van der Waals surface area contributed by atoms with Crippen LogP contribution in [0.4, 0.5) is 4.39 Å². The van der Waals surface area contributed by atoms with Gasteiger partial charge >= 0.3 is 0 Å². The fourth-order valence-corrected chi connectivity index (χ4v) is 2.43. The van der Waals surface area contributed by atoms with Crippen LogP contribution in [0.25, 0.3) is 0 Å². The van der Waals surface area contributed by atoms with E-state index >= 15 is 0 Å². The Kier molecular flexibility index (Phi) is 5.56. The van der Waals surface area contributed by atoms with Gasteiger partial charge in [0.2, 0.25) is 5.88 Å². The van der Waals surface area contributed by atoms with Crippen LogP contribution < -0.4 is 10.1 Å². The molecule has 0 aliphatic carbocycles. The van der Waals surface area contributed by atoms with Crippen LogP contribution in [0.1, 0.15) is 33.2 Å². The fourth-order valence-electron chi connectivity index (χ4n) is 2.43. The lowest BCUT2D eigenvalue weighted by Gasteiger charge is -2.11. The molecule has 1 heterocycles. The van der Waals surface area contributed by atoms with Gasteiger partial charge in [0, 0.05) is 12.1 Å². The number of carbonyl (C=O) groups excluding carboxylic acids is 2. The third kappa shape index (κ3) is 4.76. The summed E-state index contributed by atoms with van der Waals surface area (Å²) in [4.78, 5) is 27.9. The third-order valence-corrected chi connectivity index (χ3v) is 3.81. The average molecular weight is 364 g/mol. The van der Waals surface area contributed by atoms with Gasteiger partial charge in [-0.3, -0.25) is 9.59 Å². The highest BCUT2D eigenvalue weighted by atomic mass is 19.1. The van der Waals surface area contributed by atoms with Crippen LogP contribution in [0.5, 0.6) is 11.6 Å². The maximum Gasteiger partial charge on any atom is 0.257 e. The summed E-state index contributed by atoms with van der Waals surface area (Å²) < 4.78 is 19.3. The molecule has 136 valence electrons. The van der Waals surface area contributed by atoms with E-state index in [1.54, 1.807) is 24.3 Å². The molecule has 1 aromatic heterocycles. The highest BCUT2D eigenvalue weighted by Crippen LogP contribution is 2.24. The van der Waals surface area contributed by atoms with Gasteiger partial charge in [0.1, 0.15) is 17.1 Å². The summed E-state index contributed by atoms with van der Waals surface area (Å²) in [5.41, 5.74) is 1.34. The lowest BCUT2D eigenvalue weighted by molar-refractivity contribution is 0.0946. The molecule has 0 aliphatic rings. The number of halogens is 1. The molecule has 6 heteroatoms. The van der Waals surface area contributed by atoms with Crippen LogP contribution in [0.3, 0.4) is 0 Å². The molecule has 3 rings (SSSR count). The Bertz CT molecular complexity index is 974. The number of ether oxygens (including phenoxy) is 1. The number of aromatic nitrogens is 1. The molecule has 0 spiro atoms. The molecule has 1 N–H and O–H groups in total. The second-order valence-electron chi connectivity index (χ2n) is 5.86. The van der Waals surface area contributed by atoms with E-state index in [0.717, 1.165) is 17.8 Å². The van der Waals surface area contributed by atoms with Gasteiger partial charge in [-0.2, -0.15) is 0 Å². The van der Waals surface area contributed by atoms with E-state index in [0.29, 0.717) is 11.3 Å². The van der Waals surface area contributed by atoms with Crippen molar-refractivity contribution >= 4 is 11.7 Å². The molecular weight excluding hydrogens is 347 g/mol. The average Bonchev–Trinajstić information content (AvgIpc) is 2.68. The number of nitrogens with zero attached hydrogens (tertiary/aromatic N) is 1. The molecule has 5 nitrogen and oxygen atoms in total. The first-order chi connectivity index (χ1) is 13.0. The summed E-state index contributed by atoms with van der Waals surface area (Å²) in [6.07, 6.45) is 0.970. The first-order valence-electron chi connectivity index (χ1n) is 8.29. The minimum absolute atomic E-state index is 0.0286. The van der Waals surface area contributed by atoms with Crippen LogP contribution in [-0.4, -0.2) is 16.7 Å². The predicted molar refractivity (Wildman–Crippen MR) is 98.3 cm³/mol. The van der Waals surface area contributed by atoms with E-state index in [-0.39, 0.29) is 23.8 Å². The first-order valence-corrected chi connectivity index (χ1v) is 8.29. The number of carbonyl (C=O) groups is 2. The van der Waals surface area contributed by atoms with Crippen LogP contribution in [-0.2, 0) is 6.54 Å². The Labute approximate surface area is 155 Å². The van der Waals surface area contributed by atoms with Crippen molar-refractivity contribution in [1.82, 2.24) is 10.3 Å². The van der Waals surface area contributed by atoms with Gasteiger partial charge in [-0.05, 0) is 30.7 Å². The van der Waals surface area contributed by atoms with Crippen molar-refractivity contribution in [2.45, 2.75) is 13.5 Å². The fraction of sp³-hybridized carbons (Fsp3) is 0.0952. The lowest BCUT2D eigenvalue weighted by atomic mass is 10.1. The van der Waals surface area contributed by atoms with Gasteiger partial charge in [0.05, 0.1) is 6.20 Å². The quantitative estimate of drug-likeness (QED) is 0.667. The van der Waals surface area contributed by atoms with Gasteiger partial charge in [0.25, 0.3) is 5.91 Å². The standard InChI is InChI=1S/C21H17FN2O3/c1-14(25)16-8-5-9-18(10-16)27-21-19(11-17(22)13-24-21)20(26)23-12-15-6-3-2-4-7-15/h2-11,13H,12H2,1H3,(H,23,26). The largest absolute Gasteiger partial charge is 0.438 e. The molecule has 27 heavy (non-hydrogen) atoms. The molecule has 0 fully saturated rings. The SMILES string of the molecule is CC(=O)c1cccc(Oc2ncc(F)cc2C(=O)NCc2ccccc2)c1. The molecular formula is C21H17FN2O3. The maximum atomic E-state index is 13.6. The number of hydrogen-bond acceptors (Lipinski definition) is 4. The Hall–Kier alpha value is -3.54. The second-order valence-corrected chi connectivity index (χ2v) is 5.86. The van der Waals surface area contributed by atoms with Gasteiger partial charge in [-0.15, -0.1) is 0 Å². The number of nitrogens with one attached hydrogen (secondary N) is 1. The second kappa shape index (κ2) is 8.23. The van der Waals surface area contributed by atoms with Crippen molar-refractivity contribution in [2.24, 2.45) is 0 Å². The number of ketones is 1. The van der Waals surface area contributed by atoms with Crippen molar-refractivity contribution in [3.05, 3.63) is 89.4 Å². The Morgan fingerprint density at radius 3 is 2.59 bits per heavy atom.